The summed E-state index contributed by atoms with van der Waals surface area (Å²) in [7, 11) is -3.92. The van der Waals surface area contributed by atoms with Crippen molar-refractivity contribution in [2.75, 3.05) is 11.3 Å². The minimum Gasteiger partial charge on any atom is -0.487 e. The van der Waals surface area contributed by atoms with Crippen LogP contribution >= 0.6 is 0 Å². The van der Waals surface area contributed by atoms with Crippen LogP contribution in [0.4, 0.5) is 10.1 Å². The summed E-state index contributed by atoms with van der Waals surface area (Å²) in [6, 6.07) is 9.27. The van der Waals surface area contributed by atoms with Gasteiger partial charge in [0, 0.05) is 17.2 Å². The Kier molecular flexibility index (Phi) is 5.39. The Balaban J connectivity index is 1.60. The molecule has 1 fully saturated rings. The van der Waals surface area contributed by atoms with Crippen LogP contribution in [0.3, 0.4) is 0 Å². The van der Waals surface area contributed by atoms with Crippen LogP contribution in [0, 0.1) is 5.82 Å². The number of benzene rings is 2. The van der Waals surface area contributed by atoms with Crippen molar-refractivity contribution in [3.8, 4) is 5.75 Å². The third kappa shape index (κ3) is 3.98. The fourth-order valence-corrected chi connectivity index (χ4v) is 5.02. The molecule has 4 rings (SSSR count). The summed E-state index contributed by atoms with van der Waals surface area (Å²) in [5, 5.41) is 18.7. The standard InChI is InChI=1S/C20H20FNO7S/c21-11-1-4-14(5-2-11)30(26,27)22-12-3-6-17-15(7-12)16-8-13(9-19(24)25)28-18(10-23)20(16)29-17/h1-7,13,16,18,20,22-23H,8-10H2,(H,24,25)/t13-,16-,18+,20+/m0/s1. The monoisotopic (exact) mass is 437 g/mol. The number of hydrogen-bond donors (Lipinski definition) is 3. The highest BCUT2D eigenvalue weighted by Gasteiger charge is 2.46. The molecule has 0 radical (unpaired) electrons. The number of aliphatic hydroxyl groups is 1. The van der Waals surface area contributed by atoms with Gasteiger partial charge in [-0.25, -0.2) is 12.8 Å². The second kappa shape index (κ2) is 7.86. The third-order valence-corrected chi connectivity index (χ3v) is 6.67. The number of nitrogens with one attached hydrogen (secondary N) is 1. The number of hydrogen-bond acceptors (Lipinski definition) is 6. The number of aliphatic carboxylic acids is 1. The molecule has 0 bridgehead atoms. The molecule has 0 spiro atoms. The van der Waals surface area contributed by atoms with Crippen LogP contribution in [-0.4, -0.2) is 49.5 Å². The summed E-state index contributed by atoms with van der Waals surface area (Å²) >= 11 is 0. The summed E-state index contributed by atoms with van der Waals surface area (Å²) in [6.45, 7) is -0.324. The predicted octanol–water partition coefficient (Wildman–Crippen LogP) is 2.10. The van der Waals surface area contributed by atoms with Gasteiger partial charge in [0.15, 0.2) is 0 Å². The van der Waals surface area contributed by atoms with Gasteiger partial charge in [-0.3, -0.25) is 9.52 Å². The van der Waals surface area contributed by atoms with Crippen molar-refractivity contribution in [1.29, 1.82) is 0 Å². The number of carboxylic acids is 1. The van der Waals surface area contributed by atoms with Gasteiger partial charge < -0.3 is 19.7 Å². The molecular formula is C20H20FNO7S. The molecule has 2 heterocycles. The Hall–Kier alpha value is -2.69. The van der Waals surface area contributed by atoms with E-state index in [2.05, 4.69) is 4.72 Å². The molecule has 2 aromatic carbocycles. The predicted molar refractivity (Wildman–Crippen MR) is 103 cm³/mol. The van der Waals surface area contributed by atoms with E-state index in [4.69, 9.17) is 14.6 Å². The molecule has 0 saturated carbocycles. The topological polar surface area (TPSA) is 122 Å². The maximum absolute atomic E-state index is 13.1. The first-order valence-electron chi connectivity index (χ1n) is 9.34. The number of fused-ring (bicyclic) bond motifs is 3. The summed E-state index contributed by atoms with van der Waals surface area (Å²) in [5.41, 5.74) is 1.01. The highest BCUT2D eigenvalue weighted by Crippen LogP contribution is 2.47. The van der Waals surface area contributed by atoms with E-state index in [1.165, 1.54) is 12.1 Å². The zero-order valence-electron chi connectivity index (χ0n) is 15.7. The van der Waals surface area contributed by atoms with Gasteiger partial charge in [0.1, 0.15) is 23.8 Å². The number of anilines is 1. The van der Waals surface area contributed by atoms with Crippen LogP contribution in [0.2, 0.25) is 0 Å². The number of ether oxygens (including phenoxy) is 2. The average molecular weight is 437 g/mol. The summed E-state index contributed by atoms with van der Waals surface area (Å²) < 4.78 is 52.3. The molecule has 0 amide bonds. The molecule has 2 aliphatic rings. The van der Waals surface area contributed by atoms with Crippen molar-refractivity contribution < 1.29 is 37.3 Å². The van der Waals surface area contributed by atoms with E-state index in [0.717, 1.165) is 17.7 Å². The van der Waals surface area contributed by atoms with Gasteiger partial charge in [-0.05, 0) is 48.9 Å². The second-order valence-corrected chi connectivity index (χ2v) is 9.00. The smallest absolute Gasteiger partial charge is 0.305 e. The molecule has 0 unspecified atom stereocenters. The lowest BCUT2D eigenvalue weighted by atomic mass is 9.84. The van der Waals surface area contributed by atoms with Crippen molar-refractivity contribution in [2.24, 2.45) is 0 Å². The van der Waals surface area contributed by atoms with E-state index in [1.807, 2.05) is 0 Å². The van der Waals surface area contributed by atoms with Crippen LogP contribution in [0.15, 0.2) is 47.4 Å². The van der Waals surface area contributed by atoms with Gasteiger partial charge in [0.25, 0.3) is 10.0 Å². The molecule has 3 N–H and O–H groups in total. The van der Waals surface area contributed by atoms with Gasteiger partial charge in [0.2, 0.25) is 0 Å². The molecule has 4 atom stereocenters. The summed E-state index contributed by atoms with van der Waals surface area (Å²) in [6.07, 6.45) is -1.59. The lowest BCUT2D eigenvalue weighted by molar-refractivity contribution is -0.153. The van der Waals surface area contributed by atoms with Gasteiger partial charge in [-0.1, -0.05) is 0 Å². The largest absolute Gasteiger partial charge is 0.487 e. The molecule has 160 valence electrons. The van der Waals surface area contributed by atoms with Crippen LogP contribution in [0.5, 0.6) is 5.75 Å². The highest BCUT2D eigenvalue weighted by molar-refractivity contribution is 7.92. The second-order valence-electron chi connectivity index (χ2n) is 7.31. The van der Waals surface area contributed by atoms with Gasteiger partial charge in [0.05, 0.1) is 24.0 Å². The van der Waals surface area contributed by atoms with E-state index in [-0.39, 0.29) is 23.8 Å². The first kappa shape index (κ1) is 20.6. The van der Waals surface area contributed by atoms with E-state index in [0.29, 0.717) is 17.9 Å². The molecule has 2 aromatic rings. The quantitative estimate of drug-likeness (QED) is 0.633. The van der Waals surface area contributed by atoms with Crippen LogP contribution in [0.1, 0.15) is 24.3 Å². The summed E-state index contributed by atoms with van der Waals surface area (Å²) in [5.74, 6) is -1.25. The van der Waals surface area contributed by atoms with Gasteiger partial charge in [-0.15, -0.1) is 0 Å². The maximum atomic E-state index is 13.1. The number of carboxylic acid groups (broad SMARTS) is 1. The van der Waals surface area contributed by atoms with E-state index < -0.39 is 40.1 Å². The van der Waals surface area contributed by atoms with Gasteiger partial charge in [-0.2, -0.15) is 0 Å². The van der Waals surface area contributed by atoms with Crippen LogP contribution in [-0.2, 0) is 19.6 Å². The zero-order chi connectivity index (χ0) is 21.5. The maximum Gasteiger partial charge on any atom is 0.305 e. The fourth-order valence-electron chi connectivity index (χ4n) is 3.98. The van der Waals surface area contributed by atoms with E-state index in [1.54, 1.807) is 18.2 Å². The fraction of sp³-hybridized carbons (Fsp3) is 0.350. The minimum atomic E-state index is -3.92. The molecule has 0 aliphatic carbocycles. The highest BCUT2D eigenvalue weighted by atomic mass is 32.2. The van der Waals surface area contributed by atoms with Crippen LogP contribution < -0.4 is 9.46 Å². The van der Waals surface area contributed by atoms with Crippen molar-refractivity contribution >= 4 is 21.7 Å². The number of aliphatic hydroxyl groups excluding tert-OH is 1. The Morgan fingerprint density at radius 2 is 1.93 bits per heavy atom. The Bertz CT molecular complexity index is 1060. The zero-order valence-corrected chi connectivity index (χ0v) is 16.5. The number of rotatable bonds is 6. The molecule has 0 aromatic heterocycles. The molecule has 2 aliphatic heterocycles. The van der Waals surface area contributed by atoms with Gasteiger partial charge >= 0.3 is 5.97 Å². The Morgan fingerprint density at radius 3 is 2.60 bits per heavy atom. The van der Waals surface area contributed by atoms with Crippen molar-refractivity contribution in [2.45, 2.75) is 42.0 Å². The van der Waals surface area contributed by atoms with Crippen molar-refractivity contribution in [1.82, 2.24) is 0 Å². The normalized spacial score (nSPS) is 25.1. The first-order chi connectivity index (χ1) is 14.3. The SMILES string of the molecule is O=C(O)C[C@@H]1C[C@H]2c3cc(NS(=O)(=O)c4ccc(F)cc4)ccc3O[C@H]2[C@@H](CO)O1. The molecule has 30 heavy (non-hydrogen) atoms. The molecule has 8 nitrogen and oxygen atoms in total. The van der Waals surface area contributed by atoms with Crippen LogP contribution in [0.25, 0.3) is 0 Å². The van der Waals surface area contributed by atoms with Crippen molar-refractivity contribution in [3.05, 3.63) is 53.8 Å². The number of halogens is 1. The van der Waals surface area contributed by atoms with E-state index in [9.17, 15) is 22.7 Å². The van der Waals surface area contributed by atoms with Crippen molar-refractivity contribution in [3.63, 3.8) is 0 Å². The number of carbonyl (C=O) groups is 1. The average Bonchev–Trinajstić information content (AvgIpc) is 3.05. The molecule has 1 saturated heterocycles. The Labute approximate surface area is 172 Å². The molecular weight excluding hydrogens is 417 g/mol. The number of sulfonamides is 1. The third-order valence-electron chi connectivity index (χ3n) is 5.28. The Morgan fingerprint density at radius 1 is 1.20 bits per heavy atom. The van der Waals surface area contributed by atoms with E-state index >= 15 is 0 Å². The lowest BCUT2D eigenvalue weighted by Crippen LogP contribution is -2.46. The summed E-state index contributed by atoms with van der Waals surface area (Å²) in [4.78, 5) is 11.0. The lowest BCUT2D eigenvalue weighted by Gasteiger charge is -2.36. The first-order valence-corrected chi connectivity index (χ1v) is 10.8. The molecule has 10 heteroatoms. The minimum absolute atomic E-state index is 0.0774.